The molecule has 5 heteroatoms. The Kier molecular flexibility index (Phi) is 3.81. The zero-order valence-electron chi connectivity index (χ0n) is 10.1. The summed E-state index contributed by atoms with van der Waals surface area (Å²) in [7, 11) is 0. The largest absolute Gasteiger partial charge is 0.491 e. The van der Waals surface area contributed by atoms with Crippen LogP contribution in [0.2, 0.25) is 0 Å². The summed E-state index contributed by atoms with van der Waals surface area (Å²) in [6.07, 6.45) is 1.95. The van der Waals surface area contributed by atoms with Crippen LogP contribution in [0.15, 0.2) is 18.2 Å². The second-order valence-corrected chi connectivity index (χ2v) is 4.34. The Morgan fingerprint density at radius 1 is 1.61 bits per heavy atom. The molecule has 0 aliphatic heterocycles. The topological polar surface area (TPSA) is 58.6 Å². The molecule has 1 aromatic carbocycles. The monoisotopic (exact) mass is 253 g/mol. The first-order chi connectivity index (χ1) is 8.61. The minimum atomic E-state index is -0.995. The molecule has 1 saturated carbocycles. The lowest BCUT2D eigenvalue weighted by atomic mass is 10.1. The second-order valence-electron chi connectivity index (χ2n) is 4.34. The van der Waals surface area contributed by atoms with Gasteiger partial charge in [-0.3, -0.25) is 10.1 Å². The van der Waals surface area contributed by atoms with Gasteiger partial charge in [0.05, 0.1) is 6.61 Å². The van der Waals surface area contributed by atoms with Gasteiger partial charge in [-0.15, -0.1) is 0 Å². The minimum absolute atomic E-state index is 0.150. The number of hydrogen-bond donors (Lipinski definition) is 2. The highest BCUT2D eigenvalue weighted by atomic mass is 19.1. The number of carboxylic acids is 1. The number of benzene rings is 1. The van der Waals surface area contributed by atoms with Gasteiger partial charge in [0.1, 0.15) is 6.04 Å². The molecule has 18 heavy (non-hydrogen) atoms. The zero-order valence-corrected chi connectivity index (χ0v) is 10.1. The highest BCUT2D eigenvalue weighted by Crippen LogP contribution is 2.27. The van der Waals surface area contributed by atoms with Crippen molar-refractivity contribution in [2.75, 3.05) is 6.61 Å². The smallest absolute Gasteiger partial charge is 0.325 e. The van der Waals surface area contributed by atoms with E-state index in [0.717, 1.165) is 12.8 Å². The molecular weight excluding hydrogens is 237 g/mol. The minimum Gasteiger partial charge on any atom is -0.491 e. The van der Waals surface area contributed by atoms with Crippen molar-refractivity contribution >= 4 is 5.97 Å². The summed E-state index contributed by atoms with van der Waals surface area (Å²) in [5, 5.41) is 12.1. The summed E-state index contributed by atoms with van der Waals surface area (Å²) in [4.78, 5) is 11.2. The molecule has 2 N–H and O–H groups in total. The molecule has 0 spiro atoms. The van der Waals surface area contributed by atoms with Crippen molar-refractivity contribution in [2.45, 2.75) is 31.8 Å². The van der Waals surface area contributed by atoms with Crippen LogP contribution in [-0.4, -0.2) is 23.7 Å². The fourth-order valence-corrected chi connectivity index (χ4v) is 1.77. The number of rotatable bonds is 6. The molecular formula is C13H16FNO3. The molecule has 0 bridgehead atoms. The number of nitrogens with one attached hydrogen (secondary N) is 1. The summed E-state index contributed by atoms with van der Waals surface area (Å²) in [6.45, 7) is 2.14. The van der Waals surface area contributed by atoms with E-state index >= 15 is 0 Å². The van der Waals surface area contributed by atoms with Crippen molar-refractivity contribution in [3.8, 4) is 5.75 Å². The number of halogens is 1. The van der Waals surface area contributed by atoms with E-state index in [1.807, 2.05) is 0 Å². The van der Waals surface area contributed by atoms with E-state index in [1.165, 1.54) is 12.1 Å². The summed E-state index contributed by atoms with van der Waals surface area (Å²) in [6, 6.07) is 3.66. The molecule has 0 amide bonds. The maximum absolute atomic E-state index is 13.7. The van der Waals surface area contributed by atoms with E-state index in [1.54, 1.807) is 13.0 Å². The van der Waals surface area contributed by atoms with Gasteiger partial charge in [-0.2, -0.15) is 0 Å². The zero-order chi connectivity index (χ0) is 13.1. The molecule has 1 aliphatic rings. The molecule has 1 fully saturated rings. The van der Waals surface area contributed by atoms with Gasteiger partial charge in [0.25, 0.3) is 0 Å². The third-order valence-corrected chi connectivity index (χ3v) is 2.82. The predicted molar refractivity (Wildman–Crippen MR) is 64.1 cm³/mol. The van der Waals surface area contributed by atoms with Crippen molar-refractivity contribution in [3.05, 3.63) is 29.6 Å². The van der Waals surface area contributed by atoms with Crippen LogP contribution in [0.4, 0.5) is 4.39 Å². The Morgan fingerprint density at radius 2 is 2.33 bits per heavy atom. The molecule has 0 aromatic heterocycles. The first kappa shape index (κ1) is 12.8. The van der Waals surface area contributed by atoms with Crippen LogP contribution in [0.5, 0.6) is 5.75 Å². The van der Waals surface area contributed by atoms with Crippen molar-refractivity contribution in [3.63, 3.8) is 0 Å². The SMILES string of the molecule is CCOc1ccc(C(NC2CC2)C(=O)O)cc1F. The lowest BCUT2D eigenvalue weighted by Crippen LogP contribution is -2.30. The number of aliphatic carboxylic acids is 1. The first-order valence-corrected chi connectivity index (χ1v) is 6.03. The Labute approximate surface area is 105 Å². The number of carboxylic acid groups (broad SMARTS) is 1. The average Bonchev–Trinajstić information content (AvgIpc) is 3.12. The first-order valence-electron chi connectivity index (χ1n) is 6.03. The lowest BCUT2D eigenvalue weighted by Gasteiger charge is -2.15. The number of carbonyl (C=O) groups is 1. The molecule has 98 valence electrons. The molecule has 0 radical (unpaired) electrons. The van der Waals surface area contributed by atoms with Crippen LogP contribution in [0.1, 0.15) is 31.4 Å². The van der Waals surface area contributed by atoms with Crippen LogP contribution in [0.3, 0.4) is 0 Å². The fourth-order valence-electron chi connectivity index (χ4n) is 1.77. The van der Waals surface area contributed by atoms with Gasteiger partial charge in [0.15, 0.2) is 11.6 Å². The second kappa shape index (κ2) is 5.35. The number of hydrogen-bond acceptors (Lipinski definition) is 3. The summed E-state index contributed by atoms with van der Waals surface area (Å²) in [5.41, 5.74) is 0.412. The fraction of sp³-hybridized carbons (Fsp3) is 0.462. The number of ether oxygens (including phenoxy) is 1. The van der Waals surface area contributed by atoms with Crippen molar-refractivity contribution in [2.24, 2.45) is 0 Å². The summed E-state index contributed by atoms with van der Waals surface area (Å²) in [5.74, 6) is -1.37. The van der Waals surface area contributed by atoms with Gasteiger partial charge in [0, 0.05) is 6.04 Å². The highest BCUT2D eigenvalue weighted by molar-refractivity contribution is 5.75. The molecule has 2 rings (SSSR count). The van der Waals surface area contributed by atoms with E-state index in [4.69, 9.17) is 9.84 Å². The van der Waals surface area contributed by atoms with E-state index < -0.39 is 17.8 Å². The van der Waals surface area contributed by atoms with Crippen molar-refractivity contribution in [1.29, 1.82) is 0 Å². The molecule has 0 heterocycles. The van der Waals surface area contributed by atoms with Gasteiger partial charge >= 0.3 is 5.97 Å². The maximum atomic E-state index is 13.7. The van der Waals surface area contributed by atoms with Gasteiger partial charge in [0.2, 0.25) is 0 Å². The van der Waals surface area contributed by atoms with Crippen molar-refractivity contribution in [1.82, 2.24) is 5.32 Å². The van der Waals surface area contributed by atoms with Gasteiger partial charge < -0.3 is 9.84 Å². The van der Waals surface area contributed by atoms with Gasteiger partial charge in [-0.25, -0.2) is 4.39 Å². The Bertz CT molecular complexity index is 446. The van der Waals surface area contributed by atoms with Gasteiger partial charge in [-0.05, 0) is 37.5 Å². The van der Waals surface area contributed by atoms with Crippen LogP contribution in [0.25, 0.3) is 0 Å². The maximum Gasteiger partial charge on any atom is 0.325 e. The van der Waals surface area contributed by atoms with E-state index in [-0.39, 0.29) is 11.8 Å². The molecule has 1 atom stereocenters. The van der Waals surface area contributed by atoms with E-state index in [0.29, 0.717) is 12.2 Å². The Morgan fingerprint density at radius 3 is 2.83 bits per heavy atom. The molecule has 1 aromatic rings. The standard InChI is InChI=1S/C13H16FNO3/c1-2-18-11-6-3-8(7-10(11)14)12(13(16)17)15-9-4-5-9/h3,6-7,9,12,15H,2,4-5H2,1H3,(H,16,17). The predicted octanol–water partition coefficient (Wildman–Crippen LogP) is 2.10. The Balaban J connectivity index is 2.18. The average molecular weight is 253 g/mol. The highest BCUT2D eigenvalue weighted by Gasteiger charge is 2.29. The summed E-state index contributed by atoms with van der Waals surface area (Å²) >= 11 is 0. The molecule has 4 nitrogen and oxygen atoms in total. The van der Waals surface area contributed by atoms with E-state index in [2.05, 4.69) is 5.32 Å². The lowest BCUT2D eigenvalue weighted by molar-refractivity contribution is -0.139. The van der Waals surface area contributed by atoms with Crippen LogP contribution < -0.4 is 10.1 Å². The normalized spacial score (nSPS) is 16.3. The van der Waals surface area contributed by atoms with Crippen LogP contribution >= 0.6 is 0 Å². The van der Waals surface area contributed by atoms with E-state index in [9.17, 15) is 9.18 Å². The van der Waals surface area contributed by atoms with Gasteiger partial charge in [-0.1, -0.05) is 6.07 Å². The molecule has 1 aliphatic carbocycles. The molecule has 1 unspecified atom stereocenters. The van der Waals surface area contributed by atoms with Crippen molar-refractivity contribution < 1.29 is 19.0 Å². The Hall–Kier alpha value is -1.62. The van der Waals surface area contributed by atoms with Crippen LogP contribution in [0, 0.1) is 5.82 Å². The molecule has 0 saturated heterocycles. The third-order valence-electron chi connectivity index (χ3n) is 2.82. The third kappa shape index (κ3) is 2.98. The summed E-state index contributed by atoms with van der Waals surface area (Å²) < 4.78 is 18.8. The van der Waals surface area contributed by atoms with Crippen LogP contribution in [-0.2, 0) is 4.79 Å². The quantitative estimate of drug-likeness (QED) is 0.815.